The second kappa shape index (κ2) is 8.10. The molecule has 1 nitrogen and oxygen atoms in total. The first-order valence-corrected chi connectivity index (χ1v) is 8.75. The molecule has 0 radical (unpaired) electrons. The van der Waals surface area contributed by atoms with Crippen LogP contribution in [0.4, 0.5) is 0 Å². The molecule has 0 aromatic heterocycles. The molecule has 0 atom stereocenters. The fraction of sp³-hybridized carbons (Fsp3) is 0.409. The average Bonchev–Trinajstić information content (AvgIpc) is 2.55. The van der Waals surface area contributed by atoms with E-state index in [1.165, 1.54) is 22.3 Å². The minimum Gasteiger partial charge on any atom is -0.289 e. The predicted molar refractivity (Wildman–Crippen MR) is 102 cm³/mol. The van der Waals surface area contributed by atoms with Gasteiger partial charge in [-0.25, -0.2) is 0 Å². The van der Waals surface area contributed by atoms with Crippen molar-refractivity contribution in [3.05, 3.63) is 59.7 Å². The van der Waals surface area contributed by atoms with Gasteiger partial charge in [-0.05, 0) is 34.9 Å². The van der Waals surface area contributed by atoms with Crippen molar-refractivity contribution in [2.75, 3.05) is 0 Å². The molecule has 0 bridgehead atoms. The predicted octanol–water partition coefficient (Wildman–Crippen LogP) is 6.02. The van der Waals surface area contributed by atoms with Crippen LogP contribution in [-0.2, 0) is 6.42 Å². The number of aryl methyl sites for hydroxylation is 1. The summed E-state index contributed by atoms with van der Waals surface area (Å²) in [6, 6.07) is 17.5. The molecule has 0 saturated heterocycles. The highest BCUT2D eigenvalue weighted by atomic mass is 14.8. The van der Waals surface area contributed by atoms with Crippen LogP contribution in [0.3, 0.4) is 0 Å². The van der Waals surface area contributed by atoms with Gasteiger partial charge in [0.15, 0.2) is 0 Å². The Morgan fingerprint density at radius 3 is 2.09 bits per heavy atom. The average molecular weight is 307 g/mol. The van der Waals surface area contributed by atoms with Crippen molar-refractivity contribution in [2.45, 2.75) is 47.1 Å². The van der Waals surface area contributed by atoms with E-state index < -0.39 is 0 Å². The quantitative estimate of drug-likeness (QED) is 0.579. The van der Waals surface area contributed by atoms with Gasteiger partial charge < -0.3 is 0 Å². The lowest BCUT2D eigenvalue weighted by Gasteiger charge is -2.21. The summed E-state index contributed by atoms with van der Waals surface area (Å²) in [5.41, 5.74) is 5.17. The summed E-state index contributed by atoms with van der Waals surface area (Å²) in [6.45, 7) is 11.2. The molecule has 2 aromatic rings. The number of aliphatic imine (C=N–C) groups is 1. The van der Waals surface area contributed by atoms with Crippen LogP contribution in [0.15, 0.2) is 53.5 Å². The van der Waals surface area contributed by atoms with Gasteiger partial charge >= 0.3 is 0 Å². The van der Waals surface area contributed by atoms with E-state index in [0.29, 0.717) is 17.9 Å². The lowest BCUT2D eigenvalue weighted by atomic mass is 9.92. The van der Waals surface area contributed by atoms with Gasteiger partial charge in [0.2, 0.25) is 0 Å². The number of hydrogen-bond donors (Lipinski definition) is 0. The molecular weight excluding hydrogens is 278 g/mol. The molecule has 0 N–H and O–H groups in total. The number of hydrogen-bond acceptors (Lipinski definition) is 1. The van der Waals surface area contributed by atoms with Crippen molar-refractivity contribution in [1.29, 1.82) is 0 Å². The van der Waals surface area contributed by atoms with E-state index in [-0.39, 0.29) is 0 Å². The first kappa shape index (κ1) is 17.5. The fourth-order valence-corrected chi connectivity index (χ4v) is 3.22. The molecule has 0 heterocycles. The SMILES string of the molecule is CCc1cccc(-c2ccccc2)c1/C=N/C(C(C)C)C(C)C. The monoisotopic (exact) mass is 307 g/mol. The van der Waals surface area contributed by atoms with Crippen molar-refractivity contribution < 1.29 is 0 Å². The third kappa shape index (κ3) is 4.31. The van der Waals surface area contributed by atoms with Crippen LogP contribution in [-0.4, -0.2) is 12.3 Å². The smallest absolute Gasteiger partial charge is 0.0545 e. The Morgan fingerprint density at radius 1 is 0.870 bits per heavy atom. The minimum absolute atomic E-state index is 0.364. The molecule has 122 valence electrons. The van der Waals surface area contributed by atoms with Crippen molar-refractivity contribution in [2.24, 2.45) is 16.8 Å². The maximum absolute atomic E-state index is 4.96. The van der Waals surface area contributed by atoms with E-state index >= 15 is 0 Å². The summed E-state index contributed by atoms with van der Waals surface area (Å²) >= 11 is 0. The molecule has 2 rings (SSSR count). The zero-order chi connectivity index (χ0) is 16.8. The van der Waals surface area contributed by atoms with Crippen molar-refractivity contribution in [3.8, 4) is 11.1 Å². The molecule has 0 spiro atoms. The summed E-state index contributed by atoms with van der Waals surface area (Å²) in [6.07, 6.45) is 3.14. The summed E-state index contributed by atoms with van der Waals surface area (Å²) in [5, 5.41) is 0. The lowest BCUT2D eigenvalue weighted by molar-refractivity contribution is 0.390. The standard InChI is InChI=1S/C22H29N/c1-6-18-13-10-14-20(19-11-8-7-9-12-19)21(18)15-23-22(16(2)3)17(4)5/h7-17,22H,6H2,1-5H3/b23-15+. The number of rotatable bonds is 6. The lowest BCUT2D eigenvalue weighted by Crippen LogP contribution is -2.20. The van der Waals surface area contributed by atoms with Crippen LogP contribution < -0.4 is 0 Å². The Balaban J connectivity index is 2.48. The summed E-state index contributed by atoms with van der Waals surface area (Å²) in [5.74, 6) is 1.11. The molecule has 23 heavy (non-hydrogen) atoms. The third-order valence-electron chi connectivity index (χ3n) is 4.40. The highest BCUT2D eigenvalue weighted by molar-refractivity contribution is 5.92. The number of nitrogens with zero attached hydrogens (tertiary/aromatic N) is 1. The van der Waals surface area contributed by atoms with Gasteiger partial charge in [0, 0.05) is 11.8 Å². The Labute approximate surface area is 141 Å². The molecule has 0 unspecified atom stereocenters. The van der Waals surface area contributed by atoms with Crippen LogP contribution in [0.25, 0.3) is 11.1 Å². The van der Waals surface area contributed by atoms with E-state index in [4.69, 9.17) is 4.99 Å². The molecule has 0 saturated carbocycles. The van der Waals surface area contributed by atoms with Crippen LogP contribution in [0, 0.1) is 11.8 Å². The second-order valence-corrected chi connectivity index (χ2v) is 6.85. The summed E-state index contributed by atoms with van der Waals surface area (Å²) in [4.78, 5) is 4.96. The minimum atomic E-state index is 0.364. The Hall–Kier alpha value is -1.89. The maximum atomic E-state index is 4.96. The second-order valence-electron chi connectivity index (χ2n) is 6.85. The van der Waals surface area contributed by atoms with Crippen LogP contribution >= 0.6 is 0 Å². The van der Waals surface area contributed by atoms with Gasteiger partial charge in [0.1, 0.15) is 0 Å². The van der Waals surface area contributed by atoms with Gasteiger partial charge in [0.25, 0.3) is 0 Å². The fourth-order valence-electron chi connectivity index (χ4n) is 3.22. The van der Waals surface area contributed by atoms with Gasteiger partial charge in [-0.3, -0.25) is 4.99 Å². The van der Waals surface area contributed by atoms with E-state index in [0.717, 1.165) is 6.42 Å². The van der Waals surface area contributed by atoms with Crippen molar-refractivity contribution >= 4 is 6.21 Å². The molecule has 2 aromatic carbocycles. The highest BCUT2D eigenvalue weighted by Crippen LogP contribution is 2.26. The van der Waals surface area contributed by atoms with Gasteiger partial charge in [0.05, 0.1) is 6.04 Å². The summed E-state index contributed by atoms with van der Waals surface area (Å²) < 4.78 is 0. The first-order valence-electron chi connectivity index (χ1n) is 8.75. The van der Waals surface area contributed by atoms with Crippen molar-refractivity contribution in [3.63, 3.8) is 0 Å². The molecule has 0 fully saturated rings. The zero-order valence-corrected chi connectivity index (χ0v) is 15.1. The number of benzene rings is 2. The Kier molecular flexibility index (Phi) is 6.15. The normalized spacial score (nSPS) is 12.0. The molecule has 0 aliphatic rings. The molecule has 1 heteroatoms. The van der Waals surface area contributed by atoms with E-state index in [1.807, 2.05) is 0 Å². The zero-order valence-electron chi connectivity index (χ0n) is 15.1. The van der Waals surface area contributed by atoms with Crippen molar-refractivity contribution in [1.82, 2.24) is 0 Å². The largest absolute Gasteiger partial charge is 0.289 e. The van der Waals surface area contributed by atoms with E-state index in [1.54, 1.807) is 0 Å². The van der Waals surface area contributed by atoms with Crippen LogP contribution in [0.5, 0.6) is 0 Å². The van der Waals surface area contributed by atoms with Crippen LogP contribution in [0.2, 0.25) is 0 Å². The molecule has 0 aliphatic heterocycles. The molecule has 0 aliphatic carbocycles. The third-order valence-corrected chi connectivity index (χ3v) is 4.40. The summed E-state index contributed by atoms with van der Waals surface area (Å²) in [7, 11) is 0. The topological polar surface area (TPSA) is 12.4 Å². The highest BCUT2D eigenvalue weighted by Gasteiger charge is 2.16. The van der Waals surface area contributed by atoms with Gasteiger partial charge in [-0.1, -0.05) is 83.1 Å². The first-order chi connectivity index (χ1) is 11.0. The van der Waals surface area contributed by atoms with E-state index in [9.17, 15) is 0 Å². The van der Waals surface area contributed by atoms with E-state index in [2.05, 4.69) is 89.4 Å². The van der Waals surface area contributed by atoms with Crippen LogP contribution in [0.1, 0.15) is 45.7 Å². The maximum Gasteiger partial charge on any atom is 0.0545 e. The Bertz CT molecular complexity index is 630. The van der Waals surface area contributed by atoms with Gasteiger partial charge in [-0.2, -0.15) is 0 Å². The molecular formula is C22H29N. The Morgan fingerprint density at radius 2 is 1.52 bits per heavy atom. The molecule has 0 amide bonds. The van der Waals surface area contributed by atoms with Gasteiger partial charge in [-0.15, -0.1) is 0 Å².